The molecule has 3 aliphatic rings. The van der Waals surface area contributed by atoms with Gasteiger partial charge in [-0.1, -0.05) is 169 Å². The normalized spacial score (nSPS) is 33.5. The van der Waals surface area contributed by atoms with Crippen LogP contribution < -0.4 is 0 Å². The third-order valence-corrected chi connectivity index (χ3v) is 13.6. The number of fused-ring (bicyclic) bond motifs is 4. The van der Waals surface area contributed by atoms with Gasteiger partial charge in [0.05, 0.1) is 24.0 Å². The van der Waals surface area contributed by atoms with E-state index in [0.717, 1.165) is 63.2 Å². The summed E-state index contributed by atoms with van der Waals surface area (Å²) in [5, 5.41) is 65.6. The van der Waals surface area contributed by atoms with Gasteiger partial charge >= 0.3 is 11.9 Å². The zero-order chi connectivity index (χ0) is 47.0. The Kier molecular flexibility index (Phi) is 28.0. The van der Waals surface area contributed by atoms with Gasteiger partial charge in [0, 0.05) is 0 Å². The fourth-order valence-corrected chi connectivity index (χ4v) is 9.07. The highest BCUT2D eigenvalue weighted by atomic mass is 16.7. The van der Waals surface area contributed by atoms with Gasteiger partial charge in [0.25, 0.3) is 0 Å². The molecule has 14 atom stereocenters. The van der Waals surface area contributed by atoms with Crippen molar-refractivity contribution in [1.82, 2.24) is 0 Å². The molecule has 64 heavy (non-hydrogen) atoms. The second-order valence-electron chi connectivity index (χ2n) is 20.2. The summed E-state index contributed by atoms with van der Waals surface area (Å²) >= 11 is 0. The van der Waals surface area contributed by atoms with Gasteiger partial charge in [-0.25, -0.2) is 0 Å². The van der Waals surface area contributed by atoms with Gasteiger partial charge in [0.15, 0.2) is 12.6 Å². The predicted octanol–water partition coefficient (Wildman–Crippen LogP) is 7.42. The average molecular weight is 917 g/mol. The van der Waals surface area contributed by atoms with E-state index in [1.807, 2.05) is 0 Å². The molecule has 3 saturated heterocycles. The van der Waals surface area contributed by atoms with E-state index in [-0.39, 0.29) is 0 Å². The first-order valence-electron chi connectivity index (χ1n) is 25.7. The quantitative estimate of drug-likeness (QED) is 0.0369. The van der Waals surface area contributed by atoms with Crippen LogP contribution in [-0.2, 0) is 38.0 Å². The molecule has 4 bridgehead atoms. The predicted molar refractivity (Wildman–Crippen MR) is 244 cm³/mol. The van der Waals surface area contributed by atoms with Crippen LogP contribution in [0.25, 0.3) is 0 Å². The van der Waals surface area contributed by atoms with Crippen molar-refractivity contribution in [1.29, 1.82) is 0 Å². The number of unbranched alkanes of at least 4 members (excludes halogenated alkanes) is 18. The van der Waals surface area contributed by atoms with E-state index in [1.165, 1.54) is 77.0 Å². The summed E-state index contributed by atoms with van der Waals surface area (Å²) in [5.41, 5.74) is 0. The lowest BCUT2D eigenvalue weighted by Crippen LogP contribution is -2.61. The van der Waals surface area contributed by atoms with E-state index in [0.29, 0.717) is 25.7 Å². The summed E-state index contributed by atoms with van der Waals surface area (Å²) in [6.07, 6.45) is 8.48. The van der Waals surface area contributed by atoms with Crippen LogP contribution in [0.3, 0.4) is 0 Å². The molecule has 3 heterocycles. The molecule has 14 heteroatoms. The van der Waals surface area contributed by atoms with E-state index in [9.17, 15) is 40.2 Å². The first-order valence-corrected chi connectivity index (χ1v) is 25.7. The van der Waals surface area contributed by atoms with Crippen LogP contribution in [-0.4, -0.2) is 129 Å². The molecule has 3 fully saturated rings. The molecule has 2 unspecified atom stereocenters. The Morgan fingerprint density at radius 2 is 0.688 bits per heavy atom. The summed E-state index contributed by atoms with van der Waals surface area (Å²) in [7, 11) is 0. The molecule has 0 aliphatic carbocycles. The highest BCUT2D eigenvalue weighted by Crippen LogP contribution is 2.31. The Morgan fingerprint density at radius 3 is 0.984 bits per heavy atom. The van der Waals surface area contributed by atoms with Crippen LogP contribution in [0.15, 0.2) is 0 Å². The van der Waals surface area contributed by atoms with E-state index in [2.05, 4.69) is 27.7 Å². The van der Waals surface area contributed by atoms with Crippen molar-refractivity contribution in [2.24, 2.45) is 23.7 Å². The first kappa shape index (κ1) is 56.9. The van der Waals surface area contributed by atoms with Gasteiger partial charge < -0.3 is 59.1 Å². The van der Waals surface area contributed by atoms with Gasteiger partial charge in [0.2, 0.25) is 0 Å². The van der Waals surface area contributed by atoms with Crippen LogP contribution in [0.1, 0.15) is 196 Å². The molecule has 3 rings (SSSR count). The highest BCUT2D eigenvalue weighted by Gasteiger charge is 2.49. The SMILES string of the molecule is CC(C)CCCCCCCCCCCCC1O[C@@H]2O[C@H](COC(=O)[C@H](C)C(CCCCCCCCCCCCC(C)C)O[C@@H]3O[C@H](COC(=O)[C@@H]1C)[C@@H](O)[C@H](O)[C@H]3O)[C@@H](O)[C@H](O)[C@H]2O. The van der Waals surface area contributed by atoms with Gasteiger partial charge in [-0.3, -0.25) is 9.59 Å². The molecular weight excluding hydrogens is 825 g/mol. The minimum absolute atomic E-state index is 0.387. The van der Waals surface area contributed by atoms with E-state index >= 15 is 0 Å². The minimum Gasteiger partial charge on any atom is -0.463 e. The molecule has 3 aliphatic heterocycles. The Hall–Kier alpha value is -1.46. The largest absolute Gasteiger partial charge is 0.463 e. The summed E-state index contributed by atoms with van der Waals surface area (Å²) in [6, 6.07) is 0. The van der Waals surface area contributed by atoms with Crippen molar-refractivity contribution in [3.63, 3.8) is 0 Å². The first-order chi connectivity index (χ1) is 30.6. The third-order valence-electron chi connectivity index (χ3n) is 13.6. The van der Waals surface area contributed by atoms with Gasteiger partial charge in [-0.2, -0.15) is 0 Å². The smallest absolute Gasteiger partial charge is 0.311 e. The second kappa shape index (κ2) is 31.6. The van der Waals surface area contributed by atoms with Crippen LogP contribution in [0.5, 0.6) is 0 Å². The van der Waals surface area contributed by atoms with E-state index in [1.54, 1.807) is 13.8 Å². The number of carbonyl (C=O) groups excluding carboxylic acids is 2. The van der Waals surface area contributed by atoms with Crippen LogP contribution >= 0.6 is 0 Å². The fourth-order valence-electron chi connectivity index (χ4n) is 9.07. The van der Waals surface area contributed by atoms with Crippen molar-refractivity contribution < 1.29 is 68.6 Å². The van der Waals surface area contributed by atoms with Gasteiger partial charge in [0.1, 0.15) is 62.0 Å². The van der Waals surface area contributed by atoms with Crippen LogP contribution in [0.4, 0.5) is 0 Å². The number of rotatable bonds is 26. The van der Waals surface area contributed by atoms with Gasteiger partial charge in [-0.15, -0.1) is 0 Å². The van der Waals surface area contributed by atoms with Crippen molar-refractivity contribution in [3.8, 4) is 0 Å². The maximum Gasteiger partial charge on any atom is 0.311 e. The minimum atomic E-state index is -1.69. The van der Waals surface area contributed by atoms with Crippen molar-refractivity contribution in [3.05, 3.63) is 0 Å². The van der Waals surface area contributed by atoms with Gasteiger partial charge in [-0.05, 0) is 38.5 Å². The Labute approximate surface area is 385 Å². The standard InChI is InChI=1S/C50H92O14/c1-33(2)27-23-19-15-11-7-9-13-17-21-25-29-37-35(5)47(57)59-31-40-42(52)44(54)46(56)50(64-40)62-38(30-26-22-18-14-10-8-12-16-20-24-28-34(3)4)36(6)48(58)60-32-39-41(51)43(53)45(55)49(61-37)63-39/h33-46,49-56H,7-32H2,1-6H3/t35-,36-,37?,38?,39-,40-,41-,42-,43+,44+,45-,46-,49-,50-/m1/s1. The molecular formula is C50H92O14. The zero-order valence-corrected chi connectivity index (χ0v) is 40.6. The zero-order valence-electron chi connectivity index (χ0n) is 40.6. The maximum absolute atomic E-state index is 13.6. The third kappa shape index (κ3) is 20.4. The van der Waals surface area contributed by atoms with E-state index < -0.39 is 111 Å². The monoisotopic (exact) mass is 917 g/mol. The Bertz CT molecular complexity index is 1140. The lowest BCUT2D eigenvalue weighted by Gasteiger charge is -2.43. The number of aliphatic hydroxyl groups excluding tert-OH is 6. The number of carbonyl (C=O) groups is 2. The van der Waals surface area contributed by atoms with Crippen LogP contribution in [0.2, 0.25) is 0 Å². The topological polar surface area (TPSA) is 211 Å². The molecule has 14 nitrogen and oxygen atoms in total. The number of ether oxygens (including phenoxy) is 6. The maximum atomic E-state index is 13.6. The molecule has 0 aromatic carbocycles. The number of cyclic esters (lactones) is 2. The highest BCUT2D eigenvalue weighted by molar-refractivity contribution is 5.73. The molecule has 0 radical (unpaired) electrons. The summed E-state index contributed by atoms with van der Waals surface area (Å²) < 4.78 is 35.7. The van der Waals surface area contributed by atoms with Crippen molar-refractivity contribution >= 4 is 11.9 Å². The molecule has 0 aromatic heterocycles. The van der Waals surface area contributed by atoms with E-state index in [4.69, 9.17) is 28.4 Å². The summed E-state index contributed by atoms with van der Waals surface area (Å²) in [5.74, 6) is -1.72. The van der Waals surface area contributed by atoms with Crippen molar-refractivity contribution in [2.45, 2.75) is 269 Å². The fraction of sp³-hybridized carbons (Fsp3) is 0.960. The molecule has 0 amide bonds. The lowest BCUT2D eigenvalue weighted by atomic mass is 9.95. The number of hydrogen-bond acceptors (Lipinski definition) is 14. The Balaban J connectivity index is 1.65. The molecule has 0 aromatic rings. The number of esters is 2. The molecule has 376 valence electrons. The second-order valence-corrected chi connectivity index (χ2v) is 20.2. The summed E-state index contributed by atoms with van der Waals surface area (Å²) in [4.78, 5) is 27.3. The number of hydrogen-bond donors (Lipinski definition) is 6. The molecule has 6 N–H and O–H groups in total. The average Bonchev–Trinajstić information content (AvgIpc) is 3.26. The van der Waals surface area contributed by atoms with Crippen molar-refractivity contribution in [2.75, 3.05) is 13.2 Å². The molecule has 0 spiro atoms. The molecule has 0 saturated carbocycles. The number of aliphatic hydroxyl groups is 6. The van der Waals surface area contributed by atoms with Crippen LogP contribution in [0, 0.1) is 23.7 Å². The Morgan fingerprint density at radius 1 is 0.406 bits per heavy atom. The summed E-state index contributed by atoms with van der Waals surface area (Å²) in [6.45, 7) is 11.3. The lowest BCUT2D eigenvalue weighted by molar-refractivity contribution is -0.320.